The Morgan fingerprint density at radius 3 is 2.61 bits per heavy atom. The van der Waals surface area contributed by atoms with Crippen molar-refractivity contribution in [2.75, 3.05) is 6.61 Å². The summed E-state index contributed by atoms with van der Waals surface area (Å²) < 4.78 is 0. The third-order valence-electron chi connectivity index (χ3n) is 3.70. The van der Waals surface area contributed by atoms with Gasteiger partial charge in [-0.15, -0.1) is 0 Å². The van der Waals surface area contributed by atoms with E-state index < -0.39 is 6.10 Å². The Bertz CT molecular complexity index is 603. The first kappa shape index (κ1) is 19.5. The molecule has 0 aliphatic heterocycles. The fourth-order valence-corrected chi connectivity index (χ4v) is 2.60. The fourth-order valence-electron chi connectivity index (χ4n) is 2.37. The monoisotopic (exact) mass is 336 g/mol. The second-order valence-corrected chi connectivity index (χ2v) is 5.95. The molecule has 1 aromatic rings. The fraction of sp³-hybridized carbons (Fsp3) is 0.368. The van der Waals surface area contributed by atoms with Crippen LogP contribution >= 0.6 is 11.6 Å². The molecule has 4 heteroatoms. The van der Waals surface area contributed by atoms with Crippen LogP contribution in [0.5, 0.6) is 5.75 Å². The molecule has 3 nitrogen and oxygen atoms in total. The van der Waals surface area contributed by atoms with E-state index in [2.05, 4.69) is 13.5 Å². The van der Waals surface area contributed by atoms with E-state index in [4.69, 9.17) is 16.7 Å². The van der Waals surface area contributed by atoms with Crippen LogP contribution in [-0.4, -0.2) is 28.0 Å². The Labute approximate surface area is 143 Å². The summed E-state index contributed by atoms with van der Waals surface area (Å²) in [6, 6.07) is 4.89. The van der Waals surface area contributed by atoms with Crippen LogP contribution in [0.4, 0.5) is 0 Å². The first-order chi connectivity index (χ1) is 10.9. The number of aliphatic hydroxyl groups excluding tert-OH is 2. The highest BCUT2D eigenvalue weighted by molar-refractivity contribution is 6.32. The molecule has 0 fully saturated rings. The number of hydrogen-bond donors (Lipinski definition) is 3. The lowest BCUT2D eigenvalue weighted by Gasteiger charge is -2.16. The van der Waals surface area contributed by atoms with Gasteiger partial charge in [0.1, 0.15) is 5.75 Å². The van der Waals surface area contributed by atoms with Gasteiger partial charge >= 0.3 is 0 Å². The number of rotatable bonds is 8. The van der Waals surface area contributed by atoms with E-state index in [9.17, 15) is 10.2 Å². The van der Waals surface area contributed by atoms with Gasteiger partial charge in [-0.25, -0.2) is 0 Å². The van der Waals surface area contributed by atoms with Gasteiger partial charge in [0.2, 0.25) is 0 Å². The molecule has 3 N–H and O–H groups in total. The summed E-state index contributed by atoms with van der Waals surface area (Å²) in [7, 11) is 0. The maximum atomic E-state index is 10.3. The Morgan fingerprint density at radius 1 is 1.39 bits per heavy atom. The summed E-state index contributed by atoms with van der Waals surface area (Å²) in [5.41, 5.74) is 3.45. The number of phenols is 1. The van der Waals surface area contributed by atoms with Gasteiger partial charge in [-0.2, -0.15) is 0 Å². The van der Waals surface area contributed by atoms with E-state index in [-0.39, 0.29) is 12.4 Å². The van der Waals surface area contributed by atoms with Gasteiger partial charge in [0.05, 0.1) is 17.7 Å². The third kappa shape index (κ3) is 6.22. The zero-order chi connectivity index (χ0) is 17.4. The first-order valence-electron chi connectivity index (χ1n) is 7.71. The van der Waals surface area contributed by atoms with Gasteiger partial charge in [0, 0.05) is 0 Å². The van der Waals surface area contributed by atoms with Crippen molar-refractivity contribution in [2.45, 2.75) is 39.2 Å². The minimum atomic E-state index is -0.648. The molecular weight excluding hydrogens is 312 g/mol. The molecule has 0 heterocycles. The molecule has 0 amide bonds. The topological polar surface area (TPSA) is 60.7 Å². The molecule has 1 rings (SSSR count). The number of halogens is 1. The average molecular weight is 337 g/mol. The summed E-state index contributed by atoms with van der Waals surface area (Å²) in [6.07, 6.45) is 5.05. The van der Waals surface area contributed by atoms with E-state index in [1.807, 2.05) is 13.0 Å². The van der Waals surface area contributed by atoms with Gasteiger partial charge in [-0.3, -0.25) is 0 Å². The van der Waals surface area contributed by atoms with Gasteiger partial charge < -0.3 is 15.3 Å². The predicted octanol–water partition coefficient (Wildman–Crippen LogP) is 4.47. The van der Waals surface area contributed by atoms with Crippen LogP contribution in [0.15, 0.2) is 47.6 Å². The molecule has 0 bridgehead atoms. The van der Waals surface area contributed by atoms with Crippen LogP contribution in [-0.2, 0) is 0 Å². The van der Waals surface area contributed by atoms with Crippen molar-refractivity contribution in [1.29, 1.82) is 0 Å². The molecule has 23 heavy (non-hydrogen) atoms. The van der Waals surface area contributed by atoms with Crippen LogP contribution in [0.1, 0.15) is 38.7 Å². The van der Waals surface area contributed by atoms with Crippen molar-refractivity contribution < 1.29 is 15.3 Å². The molecule has 0 saturated carbocycles. The zero-order valence-corrected chi connectivity index (χ0v) is 14.5. The van der Waals surface area contributed by atoms with Crippen LogP contribution < -0.4 is 0 Å². The Kier molecular flexibility index (Phi) is 8.10. The quantitative estimate of drug-likeness (QED) is 0.613. The molecule has 1 atom stereocenters. The van der Waals surface area contributed by atoms with Gasteiger partial charge in [0.25, 0.3) is 0 Å². The van der Waals surface area contributed by atoms with E-state index in [0.717, 1.165) is 23.1 Å². The highest BCUT2D eigenvalue weighted by Gasteiger charge is 2.12. The lowest BCUT2D eigenvalue weighted by Crippen LogP contribution is -2.12. The van der Waals surface area contributed by atoms with Crippen molar-refractivity contribution in [3.8, 4) is 5.75 Å². The number of aliphatic hydroxyl groups is 2. The Hall–Kier alpha value is -1.55. The molecule has 0 radical (unpaired) electrons. The highest BCUT2D eigenvalue weighted by atomic mass is 35.5. The summed E-state index contributed by atoms with van der Waals surface area (Å²) in [6.45, 7) is 7.59. The first-order valence-corrected chi connectivity index (χ1v) is 8.09. The van der Waals surface area contributed by atoms with Gasteiger partial charge in [-0.1, -0.05) is 48.4 Å². The van der Waals surface area contributed by atoms with Crippen LogP contribution in [0.2, 0.25) is 5.02 Å². The number of allylic oxidation sites excluding steroid dienone is 1. The minimum Gasteiger partial charge on any atom is -0.508 e. The Morgan fingerprint density at radius 2 is 2.09 bits per heavy atom. The molecule has 0 spiro atoms. The summed E-state index contributed by atoms with van der Waals surface area (Å²) in [5, 5.41) is 29.2. The molecule has 0 aliphatic carbocycles. The minimum absolute atomic E-state index is 0.112. The maximum Gasteiger partial charge on any atom is 0.117 e. The number of benzene rings is 1. The van der Waals surface area contributed by atoms with E-state index >= 15 is 0 Å². The lowest BCUT2D eigenvalue weighted by molar-refractivity contribution is 0.201. The third-order valence-corrected chi connectivity index (χ3v) is 4.03. The van der Waals surface area contributed by atoms with Crippen molar-refractivity contribution in [3.05, 3.63) is 58.2 Å². The standard InChI is InChI=1S/C19H25ClO3/c1-4-14(11-15-6-7-16(22)12-18(15)20)5-8-19(23)17(9-10-21)13(2)3/h6-7,9,11-12,19,21-23H,2,4-5,8,10H2,1,3H3/b14-11+,17-9-. The van der Waals surface area contributed by atoms with Crippen molar-refractivity contribution in [3.63, 3.8) is 0 Å². The average Bonchev–Trinajstić information content (AvgIpc) is 2.50. The predicted molar refractivity (Wildman–Crippen MR) is 96.6 cm³/mol. The highest BCUT2D eigenvalue weighted by Crippen LogP contribution is 2.26. The maximum absolute atomic E-state index is 10.3. The normalized spacial score (nSPS) is 14.0. The molecule has 1 aromatic carbocycles. The van der Waals surface area contributed by atoms with Crippen molar-refractivity contribution in [1.82, 2.24) is 0 Å². The molecule has 1 unspecified atom stereocenters. The molecule has 126 valence electrons. The smallest absolute Gasteiger partial charge is 0.117 e. The van der Waals surface area contributed by atoms with E-state index in [0.29, 0.717) is 23.4 Å². The second kappa shape index (κ2) is 9.56. The van der Waals surface area contributed by atoms with Crippen LogP contribution in [0, 0.1) is 0 Å². The van der Waals surface area contributed by atoms with Crippen LogP contribution in [0.3, 0.4) is 0 Å². The lowest BCUT2D eigenvalue weighted by atomic mass is 9.95. The van der Waals surface area contributed by atoms with Crippen molar-refractivity contribution >= 4 is 17.7 Å². The number of hydrogen-bond acceptors (Lipinski definition) is 3. The second-order valence-electron chi connectivity index (χ2n) is 5.54. The largest absolute Gasteiger partial charge is 0.508 e. The van der Waals surface area contributed by atoms with E-state index in [1.54, 1.807) is 18.2 Å². The zero-order valence-electron chi connectivity index (χ0n) is 13.7. The number of aromatic hydroxyl groups is 1. The van der Waals surface area contributed by atoms with E-state index in [1.165, 1.54) is 6.07 Å². The van der Waals surface area contributed by atoms with Gasteiger partial charge in [0.15, 0.2) is 0 Å². The molecule has 0 aromatic heterocycles. The molecular formula is C19H25ClO3. The van der Waals surface area contributed by atoms with Gasteiger partial charge in [-0.05, 0) is 55.5 Å². The summed E-state index contributed by atoms with van der Waals surface area (Å²) >= 11 is 6.12. The Balaban J connectivity index is 2.82. The molecule has 0 aliphatic rings. The van der Waals surface area contributed by atoms with Crippen molar-refractivity contribution in [2.24, 2.45) is 0 Å². The SMILES string of the molecule is C=C(C)/C(=C/CO)C(O)CC/C(=C/c1ccc(O)cc1Cl)CC. The summed E-state index contributed by atoms with van der Waals surface area (Å²) in [4.78, 5) is 0. The van der Waals surface area contributed by atoms with Crippen LogP contribution in [0.25, 0.3) is 6.08 Å². The molecule has 0 saturated heterocycles. The number of phenolic OH excluding ortho intramolecular Hbond substituents is 1. The summed E-state index contributed by atoms with van der Waals surface area (Å²) in [5.74, 6) is 0.140.